The first-order valence-corrected chi connectivity index (χ1v) is 8.82. The topological polar surface area (TPSA) is 49.2 Å². The van der Waals surface area contributed by atoms with Crippen molar-refractivity contribution >= 4 is 5.82 Å². The zero-order valence-electron chi connectivity index (χ0n) is 14.7. The fraction of sp³-hybridized carbons (Fsp3) is 0.500. The van der Waals surface area contributed by atoms with E-state index < -0.39 is 0 Å². The fourth-order valence-corrected chi connectivity index (χ4v) is 3.56. The number of anilines is 1. The molecule has 0 amide bonds. The standard InChI is InChI=1S/C20H27N3O/c1-16-14-21-17(2)19(22-16)23-12-10-20(15-24,11-13-23)9-8-18-6-4-3-5-7-18/h3-7,14,24H,8-13,15H2,1-2H3. The smallest absolute Gasteiger partial charge is 0.150 e. The first-order chi connectivity index (χ1) is 11.6. The maximum Gasteiger partial charge on any atom is 0.150 e. The summed E-state index contributed by atoms with van der Waals surface area (Å²) in [6.07, 6.45) is 5.90. The van der Waals surface area contributed by atoms with Crippen LogP contribution in [0.2, 0.25) is 0 Å². The number of aryl methyl sites for hydroxylation is 3. The molecule has 1 N–H and O–H groups in total. The van der Waals surface area contributed by atoms with E-state index in [1.165, 1.54) is 5.56 Å². The third-order valence-electron chi connectivity index (χ3n) is 5.30. The van der Waals surface area contributed by atoms with Crippen LogP contribution in [-0.4, -0.2) is 34.8 Å². The summed E-state index contributed by atoms with van der Waals surface area (Å²) < 4.78 is 0. The highest BCUT2D eigenvalue weighted by molar-refractivity contribution is 5.43. The van der Waals surface area contributed by atoms with Crippen LogP contribution in [0.15, 0.2) is 36.5 Å². The minimum Gasteiger partial charge on any atom is -0.396 e. The van der Waals surface area contributed by atoms with Crippen molar-refractivity contribution in [1.82, 2.24) is 9.97 Å². The molecule has 1 saturated heterocycles. The molecule has 1 aliphatic rings. The van der Waals surface area contributed by atoms with E-state index in [2.05, 4.69) is 45.2 Å². The summed E-state index contributed by atoms with van der Waals surface area (Å²) in [5.41, 5.74) is 3.34. The molecule has 2 aromatic rings. The van der Waals surface area contributed by atoms with Crippen molar-refractivity contribution < 1.29 is 5.11 Å². The van der Waals surface area contributed by atoms with Gasteiger partial charge in [-0.05, 0) is 50.5 Å². The third-order valence-corrected chi connectivity index (χ3v) is 5.30. The van der Waals surface area contributed by atoms with Crippen LogP contribution < -0.4 is 4.90 Å². The summed E-state index contributed by atoms with van der Waals surface area (Å²) in [6.45, 7) is 6.15. The molecule has 4 heteroatoms. The van der Waals surface area contributed by atoms with Crippen LogP contribution in [0.5, 0.6) is 0 Å². The van der Waals surface area contributed by atoms with Crippen molar-refractivity contribution in [3.63, 3.8) is 0 Å². The Morgan fingerprint density at radius 1 is 1.12 bits per heavy atom. The molecule has 0 unspecified atom stereocenters. The first-order valence-electron chi connectivity index (χ1n) is 8.82. The largest absolute Gasteiger partial charge is 0.396 e. The zero-order chi connectivity index (χ0) is 17.0. The van der Waals surface area contributed by atoms with E-state index in [1.54, 1.807) is 0 Å². The summed E-state index contributed by atoms with van der Waals surface area (Å²) in [6, 6.07) is 10.6. The summed E-state index contributed by atoms with van der Waals surface area (Å²) in [4.78, 5) is 11.4. The van der Waals surface area contributed by atoms with Gasteiger partial charge in [-0.2, -0.15) is 0 Å². The van der Waals surface area contributed by atoms with E-state index in [-0.39, 0.29) is 12.0 Å². The van der Waals surface area contributed by atoms with Crippen molar-refractivity contribution in [2.24, 2.45) is 5.41 Å². The lowest BCUT2D eigenvalue weighted by Gasteiger charge is -2.41. The Balaban J connectivity index is 1.64. The van der Waals surface area contributed by atoms with Gasteiger partial charge in [0.15, 0.2) is 0 Å². The van der Waals surface area contributed by atoms with Gasteiger partial charge in [0.2, 0.25) is 0 Å². The second-order valence-corrected chi connectivity index (χ2v) is 7.05. The number of nitrogens with zero attached hydrogens (tertiary/aromatic N) is 3. The molecule has 0 bridgehead atoms. The van der Waals surface area contributed by atoms with E-state index >= 15 is 0 Å². The van der Waals surface area contributed by atoms with Gasteiger partial charge < -0.3 is 10.0 Å². The Kier molecular flexibility index (Phi) is 5.14. The second kappa shape index (κ2) is 7.31. The quantitative estimate of drug-likeness (QED) is 0.916. The molecule has 0 aliphatic carbocycles. The van der Waals surface area contributed by atoms with Crippen LogP contribution in [0.1, 0.15) is 36.2 Å². The Hall–Kier alpha value is -1.94. The highest BCUT2D eigenvalue weighted by atomic mass is 16.3. The van der Waals surface area contributed by atoms with Gasteiger partial charge >= 0.3 is 0 Å². The van der Waals surface area contributed by atoms with Gasteiger partial charge in [-0.1, -0.05) is 30.3 Å². The van der Waals surface area contributed by atoms with Crippen molar-refractivity contribution in [3.8, 4) is 0 Å². The summed E-state index contributed by atoms with van der Waals surface area (Å²) in [5.74, 6) is 1.00. The van der Waals surface area contributed by atoms with Crippen molar-refractivity contribution in [3.05, 3.63) is 53.5 Å². The van der Waals surface area contributed by atoms with Gasteiger partial charge in [0, 0.05) is 25.9 Å². The van der Waals surface area contributed by atoms with Crippen LogP contribution in [0.3, 0.4) is 0 Å². The van der Waals surface area contributed by atoms with Crippen LogP contribution in [0.25, 0.3) is 0 Å². The van der Waals surface area contributed by atoms with E-state index in [1.807, 2.05) is 20.0 Å². The van der Waals surface area contributed by atoms with Crippen molar-refractivity contribution in [2.75, 3.05) is 24.6 Å². The molecule has 3 rings (SSSR count). The van der Waals surface area contributed by atoms with E-state index in [0.717, 1.165) is 56.0 Å². The molecule has 0 atom stereocenters. The Morgan fingerprint density at radius 2 is 1.83 bits per heavy atom. The average molecular weight is 325 g/mol. The maximum atomic E-state index is 10.0. The number of benzene rings is 1. The summed E-state index contributed by atoms with van der Waals surface area (Å²) in [7, 11) is 0. The molecular formula is C20H27N3O. The van der Waals surface area contributed by atoms with Crippen molar-refractivity contribution in [1.29, 1.82) is 0 Å². The molecular weight excluding hydrogens is 298 g/mol. The predicted molar refractivity (Wildman–Crippen MR) is 97.2 cm³/mol. The van der Waals surface area contributed by atoms with Crippen LogP contribution in [0, 0.1) is 19.3 Å². The molecule has 1 aliphatic heterocycles. The minimum absolute atomic E-state index is 0.0392. The predicted octanol–water partition coefficient (Wildman–Crippen LogP) is 3.31. The Morgan fingerprint density at radius 3 is 2.50 bits per heavy atom. The van der Waals surface area contributed by atoms with Gasteiger partial charge in [0.25, 0.3) is 0 Å². The number of aliphatic hydroxyl groups excluding tert-OH is 1. The number of aliphatic hydroxyl groups is 1. The lowest BCUT2D eigenvalue weighted by molar-refractivity contribution is 0.0872. The fourth-order valence-electron chi connectivity index (χ4n) is 3.56. The highest BCUT2D eigenvalue weighted by Gasteiger charge is 2.34. The van der Waals surface area contributed by atoms with Crippen molar-refractivity contribution in [2.45, 2.75) is 39.5 Å². The highest BCUT2D eigenvalue weighted by Crippen LogP contribution is 2.37. The van der Waals surface area contributed by atoms with Crippen LogP contribution in [0.4, 0.5) is 5.82 Å². The molecule has 0 spiro atoms. The SMILES string of the molecule is Cc1cnc(C)c(N2CCC(CO)(CCc3ccccc3)CC2)n1. The van der Waals surface area contributed by atoms with Gasteiger partial charge in [-0.15, -0.1) is 0 Å². The normalized spacial score (nSPS) is 17.0. The number of aromatic nitrogens is 2. The molecule has 24 heavy (non-hydrogen) atoms. The lowest BCUT2D eigenvalue weighted by atomic mass is 9.75. The maximum absolute atomic E-state index is 10.0. The average Bonchev–Trinajstić information content (AvgIpc) is 2.63. The van der Waals surface area contributed by atoms with E-state index in [0.29, 0.717) is 0 Å². The van der Waals surface area contributed by atoms with Gasteiger partial charge in [0.1, 0.15) is 5.82 Å². The van der Waals surface area contributed by atoms with Gasteiger partial charge in [-0.3, -0.25) is 4.98 Å². The monoisotopic (exact) mass is 325 g/mol. The molecule has 128 valence electrons. The zero-order valence-corrected chi connectivity index (χ0v) is 14.7. The van der Waals surface area contributed by atoms with Crippen LogP contribution >= 0.6 is 0 Å². The lowest BCUT2D eigenvalue weighted by Crippen LogP contribution is -2.43. The number of piperidine rings is 1. The number of hydrogen-bond acceptors (Lipinski definition) is 4. The molecule has 4 nitrogen and oxygen atoms in total. The molecule has 1 aromatic heterocycles. The molecule has 0 saturated carbocycles. The molecule has 0 radical (unpaired) electrons. The van der Waals surface area contributed by atoms with Gasteiger partial charge in [0.05, 0.1) is 11.4 Å². The van der Waals surface area contributed by atoms with Gasteiger partial charge in [-0.25, -0.2) is 4.98 Å². The van der Waals surface area contributed by atoms with Crippen LogP contribution in [-0.2, 0) is 6.42 Å². The second-order valence-electron chi connectivity index (χ2n) is 7.05. The first kappa shape index (κ1) is 16.9. The third kappa shape index (κ3) is 3.75. The summed E-state index contributed by atoms with van der Waals surface area (Å²) in [5, 5.41) is 10.0. The summed E-state index contributed by atoms with van der Waals surface area (Å²) >= 11 is 0. The Bertz CT molecular complexity index is 664. The number of rotatable bonds is 5. The van der Waals surface area contributed by atoms with E-state index in [9.17, 15) is 5.11 Å². The van der Waals surface area contributed by atoms with E-state index in [4.69, 9.17) is 0 Å². The minimum atomic E-state index is 0.0392. The molecule has 1 fully saturated rings. The Labute approximate surface area is 144 Å². The molecule has 1 aromatic carbocycles. The number of hydrogen-bond donors (Lipinski definition) is 1. The molecule has 2 heterocycles.